The van der Waals surface area contributed by atoms with E-state index in [0.29, 0.717) is 0 Å². The maximum atomic E-state index is 9.46. The summed E-state index contributed by atoms with van der Waals surface area (Å²) >= 11 is 4.49. The van der Waals surface area contributed by atoms with Gasteiger partial charge in [-0.25, -0.2) is 0 Å². The van der Waals surface area contributed by atoms with E-state index in [2.05, 4.69) is 16.2 Å². The first-order valence-corrected chi connectivity index (χ1v) is 1.37. The van der Waals surface area contributed by atoms with Gasteiger partial charge in [0.15, 0.2) is 0 Å². The summed E-state index contributed by atoms with van der Waals surface area (Å²) < 4.78 is 3.58. The zero-order valence-electron chi connectivity index (χ0n) is 3.27. The van der Waals surface area contributed by atoms with Crippen LogP contribution in [0.25, 0.3) is 0 Å². The molecule has 0 bridgehead atoms. The number of hydrogen-bond donors (Lipinski definition) is 0. The van der Waals surface area contributed by atoms with Crippen molar-refractivity contribution in [2.24, 2.45) is 0 Å². The summed E-state index contributed by atoms with van der Waals surface area (Å²) in [6.07, 6.45) is 0. The van der Waals surface area contributed by atoms with Gasteiger partial charge in [0, 0.05) is 39.6 Å². The first-order chi connectivity index (χ1) is 2.27. The number of halogens is 1. The fraction of sp³-hybridized carbons (Fsp3) is 0.500. The van der Waals surface area contributed by atoms with Crippen LogP contribution in [0.1, 0.15) is 6.92 Å². The number of carbonyl (C=O) groups excluding carboxylic acids is 1. The summed E-state index contributed by atoms with van der Waals surface area (Å²) in [6, 6.07) is 0. The van der Waals surface area contributed by atoms with E-state index in [1.54, 1.807) is 0 Å². The Morgan fingerprint density at radius 2 is 2.00 bits per heavy atom. The minimum Gasteiger partial charge on any atom is -0.348 e. The molecule has 0 aliphatic heterocycles. The molecule has 0 aromatic rings. The first kappa shape index (κ1) is 9.98. The zero-order valence-corrected chi connectivity index (χ0v) is 6.87. The molecule has 4 heteroatoms. The summed E-state index contributed by atoms with van der Waals surface area (Å²) in [5, 5.41) is 0. The molecular formula is C2H3ClO2Y. The molecule has 0 N–H and O–H groups in total. The van der Waals surface area contributed by atoms with E-state index in [0.717, 1.165) is 0 Å². The van der Waals surface area contributed by atoms with Gasteiger partial charge in [-0.15, -0.1) is 0 Å². The van der Waals surface area contributed by atoms with Gasteiger partial charge < -0.3 is 4.29 Å². The van der Waals surface area contributed by atoms with Crippen LogP contribution in [0.3, 0.4) is 0 Å². The molecule has 0 saturated heterocycles. The summed E-state index contributed by atoms with van der Waals surface area (Å²) in [4.78, 5) is 9.46. The molecule has 1 radical (unpaired) electrons. The van der Waals surface area contributed by atoms with Crippen molar-refractivity contribution < 1.29 is 41.8 Å². The van der Waals surface area contributed by atoms with Crippen molar-refractivity contribution in [3.8, 4) is 0 Å². The van der Waals surface area contributed by atoms with Crippen molar-refractivity contribution in [2.75, 3.05) is 0 Å². The Labute approximate surface area is 66.2 Å². The standard InChI is InChI=1S/C2H3ClO2.Y/c1-2(4)5-3;/h1H3;. The van der Waals surface area contributed by atoms with Gasteiger partial charge in [-0.3, -0.25) is 4.79 Å². The summed E-state index contributed by atoms with van der Waals surface area (Å²) in [6.45, 7) is 1.23. The molecule has 0 aromatic heterocycles. The Morgan fingerprint density at radius 1 is 1.83 bits per heavy atom. The second-order valence-electron chi connectivity index (χ2n) is 0.569. The van der Waals surface area contributed by atoms with Crippen molar-refractivity contribution in [3.63, 3.8) is 0 Å². The van der Waals surface area contributed by atoms with Crippen LogP contribution in [-0.2, 0) is 41.8 Å². The monoisotopic (exact) mass is 183 g/mol. The number of hydrogen-bond acceptors (Lipinski definition) is 2. The van der Waals surface area contributed by atoms with E-state index < -0.39 is 5.97 Å². The van der Waals surface area contributed by atoms with E-state index in [-0.39, 0.29) is 32.7 Å². The van der Waals surface area contributed by atoms with Crippen LogP contribution < -0.4 is 0 Å². The Morgan fingerprint density at radius 3 is 2.00 bits per heavy atom. The smallest absolute Gasteiger partial charge is 0.321 e. The summed E-state index contributed by atoms with van der Waals surface area (Å²) in [7, 11) is 0. The maximum absolute atomic E-state index is 9.46. The quantitative estimate of drug-likeness (QED) is 0.553. The normalized spacial score (nSPS) is 5.67. The van der Waals surface area contributed by atoms with Gasteiger partial charge in [0.05, 0.1) is 0 Å². The largest absolute Gasteiger partial charge is 0.348 e. The second-order valence-corrected chi connectivity index (χ2v) is 0.723. The zero-order chi connectivity index (χ0) is 4.28. The van der Waals surface area contributed by atoms with Gasteiger partial charge in [0.1, 0.15) is 11.9 Å². The van der Waals surface area contributed by atoms with Crippen molar-refractivity contribution in [1.82, 2.24) is 0 Å². The molecule has 0 aromatic carbocycles. The predicted molar refractivity (Wildman–Crippen MR) is 17.6 cm³/mol. The van der Waals surface area contributed by atoms with Crippen molar-refractivity contribution in [1.29, 1.82) is 0 Å². The van der Waals surface area contributed by atoms with E-state index in [1.165, 1.54) is 6.92 Å². The van der Waals surface area contributed by atoms with E-state index >= 15 is 0 Å². The van der Waals surface area contributed by atoms with Crippen LogP contribution in [0.2, 0.25) is 0 Å². The number of rotatable bonds is 0. The average Bonchev–Trinajstić information content (AvgIpc) is 1.38. The Balaban J connectivity index is 0. The first-order valence-electron chi connectivity index (χ1n) is 1.06. The maximum Gasteiger partial charge on any atom is 0.321 e. The van der Waals surface area contributed by atoms with Crippen molar-refractivity contribution in [2.45, 2.75) is 6.92 Å². The van der Waals surface area contributed by atoms with E-state index in [4.69, 9.17) is 0 Å². The van der Waals surface area contributed by atoms with Crippen LogP contribution in [0.4, 0.5) is 0 Å². The molecule has 0 aliphatic carbocycles. The third kappa shape index (κ3) is 8.85. The fourth-order valence-corrected chi connectivity index (χ4v) is 0. The molecule has 6 heavy (non-hydrogen) atoms. The molecule has 0 spiro atoms. The molecular weight excluding hydrogens is 180 g/mol. The Bertz CT molecular complexity index is 46.8. The third-order valence-electron chi connectivity index (χ3n) is 0.109. The molecule has 0 unspecified atom stereocenters. The topological polar surface area (TPSA) is 26.3 Å². The van der Waals surface area contributed by atoms with Gasteiger partial charge >= 0.3 is 5.97 Å². The molecule has 0 rings (SSSR count). The fourth-order valence-electron chi connectivity index (χ4n) is 0. The van der Waals surface area contributed by atoms with Crippen LogP contribution in [-0.4, -0.2) is 5.97 Å². The van der Waals surface area contributed by atoms with Gasteiger partial charge in [0.2, 0.25) is 0 Å². The van der Waals surface area contributed by atoms with Gasteiger partial charge in [-0.2, -0.15) is 0 Å². The van der Waals surface area contributed by atoms with Crippen molar-refractivity contribution >= 4 is 17.8 Å². The SMILES string of the molecule is CC(=O)OCl.[Y]. The summed E-state index contributed by atoms with van der Waals surface area (Å²) in [5.74, 6) is -0.480. The Kier molecular flexibility index (Phi) is 9.75. The molecule has 0 fully saturated rings. The van der Waals surface area contributed by atoms with E-state index in [9.17, 15) is 4.79 Å². The Hall–Kier alpha value is 0.864. The summed E-state index contributed by atoms with van der Waals surface area (Å²) in [5.41, 5.74) is 0. The van der Waals surface area contributed by atoms with Crippen LogP contribution in [0.15, 0.2) is 0 Å². The molecule has 0 atom stereocenters. The second kappa shape index (κ2) is 5.86. The third-order valence-corrected chi connectivity index (χ3v) is 0.326. The van der Waals surface area contributed by atoms with Gasteiger partial charge in [0.25, 0.3) is 0 Å². The predicted octanol–water partition coefficient (Wildman–Crippen LogP) is 0.701. The van der Waals surface area contributed by atoms with Crippen LogP contribution in [0.5, 0.6) is 0 Å². The molecule has 0 amide bonds. The molecule has 0 heterocycles. The van der Waals surface area contributed by atoms with Crippen LogP contribution in [0, 0.1) is 0 Å². The average molecular weight is 183 g/mol. The molecule has 0 saturated carbocycles. The minimum absolute atomic E-state index is 0. The van der Waals surface area contributed by atoms with E-state index in [1.807, 2.05) is 0 Å². The van der Waals surface area contributed by atoms with Gasteiger partial charge in [-0.05, 0) is 0 Å². The molecule has 0 aliphatic rings. The van der Waals surface area contributed by atoms with Crippen LogP contribution >= 0.6 is 11.9 Å². The van der Waals surface area contributed by atoms with Crippen molar-refractivity contribution in [3.05, 3.63) is 0 Å². The number of carbonyl (C=O) groups is 1. The molecule has 2 nitrogen and oxygen atoms in total. The molecule has 33 valence electrons. The minimum atomic E-state index is -0.480. The van der Waals surface area contributed by atoms with Gasteiger partial charge in [-0.1, -0.05) is 0 Å².